The van der Waals surface area contributed by atoms with Gasteiger partial charge >= 0.3 is 0 Å². The van der Waals surface area contributed by atoms with Crippen LogP contribution in [0.1, 0.15) is 30.2 Å². The summed E-state index contributed by atoms with van der Waals surface area (Å²) in [6.45, 7) is 5.75. The van der Waals surface area contributed by atoms with Crippen LogP contribution in [0.5, 0.6) is 11.5 Å². The normalized spacial score (nSPS) is 12.1. The van der Waals surface area contributed by atoms with E-state index in [1.54, 1.807) is 21.1 Å². The molecule has 2 aromatic rings. The number of rotatable bonds is 5. The van der Waals surface area contributed by atoms with Gasteiger partial charge in [-0.3, -0.25) is 0 Å². The zero-order valence-electron chi connectivity index (χ0n) is 12.4. The van der Waals surface area contributed by atoms with E-state index < -0.39 is 0 Å². The molecule has 0 spiro atoms. The van der Waals surface area contributed by atoms with E-state index in [1.807, 2.05) is 26.0 Å². The minimum absolute atomic E-state index is 0.0898. The van der Waals surface area contributed by atoms with E-state index in [-0.39, 0.29) is 6.04 Å². The minimum Gasteiger partial charge on any atom is -0.493 e. The first-order valence-corrected chi connectivity index (χ1v) is 6.34. The zero-order valence-corrected chi connectivity index (χ0v) is 12.4. The van der Waals surface area contributed by atoms with Crippen LogP contribution in [0.2, 0.25) is 0 Å². The lowest BCUT2D eigenvalue weighted by atomic mass is 10.1. The molecule has 0 saturated carbocycles. The third-order valence-corrected chi connectivity index (χ3v) is 3.02. The molecule has 0 bridgehead atoms. The molecule has 0 radical (unpaired) electrons. The Kier molecular flexibility index (Phi) is 4.12. The van der Waals surface area contributed by atoms with Gasteiger partial charge < -0.3 is 19.3 Å². The predicted molar refractivity (Wildman–Crippen MR) is 75.4 cm³/mol. The van der Waals surface area contributed by atoms with E-state index >= 15 is 0 Å². The Morgan fingerprint density at radius 3 is 2.35 bits per heavy atom. The van der Waals surface area contributed by atoms with E-state index in [0.29, 0.717) is 23.2 Å². The number of aryl methyl sites for hydroxylation is 2. The predicted octanol–water partition coefficient (Wildman–Crippen LogP) is 2.88. The van der Waals surface area contributed by atoms with Crippen LogP contribution in [-0.2, 0) is 0 Å². The van der Waals surface area contributed by atoms with Gasteiger partial charge in [0.15, 0.2) is 17.3 Å². The van der Waals surface area contributed by atoms with E-state index in [1.165, 1.54) is 0 Å². The van der Waals surface area contributed by atoms with Crippen molar-refractivity contribution < 1.29 is 14.0 Å². The smallest absolute Gasteiger partial charge is 0.248 e. The summed E-state index contributed by atoms with van der Waals surface area (Å²) in [6, 6.07) is 3.73. The molecule has 0 saturated heterocycles. The van der Waals surface area contributed by atoms with Crippen LogP contribution < -0.4 is 14.8 Å². The first-order chi connectivity index (χ1) is 9.55. The van der Waals surface area contributed by atoms with E-state index in [0.717, 1.165) is 11.3 Å². The maximum absolute atomic E-state index is 5.31. The van der Waals surface area contributed by atoms with Crippen LogP contribution in [0.15, 0.2) is 16.7 Å². The molecule has 108 valence electrons. The van der Waals surface area contributed by atoms with Crippen LogP contribution in [0.25, 0.3) is 0 Å². The van der Waals surface area contributed by atoms with Gasteiger partial charge in [0.1, 0.15) is 6.04 Å². The molecule has 0 unspecified atom stereocenters. The van der Waals surface area contributed by atoms with Crippen molar-refractivity contribution in [2.45, 2.75) is 26.8 Å². The van der Waals surface area contributed by atoms with Gasteiger partial charge in [0.2, 0.25) is 5.89 Å². The molecule has 0 aliphatic heterocycles. The number of aromatic nitrogens is 2. The summed E-state index contributed by atoms with van der Waals surface area (Å²) in [7, 11) is 3.23. The lowest BCUT2D eigenvalue weighted by Gasteiger charge is -2.16. The van der Waals surface area contributed by atoms with Crippen molar-refractivity contribution in [3.05, 3.63) is 29.4 Å². The first kappa shape index (κ1) is 14.2. The van der Waals surface area contributed by atoms with Crippen LogP contribution >= 0.6 is 0 Å². The highest BCUT2D eigenvalue weighted by Crippen LogP contribution is 2.34. The number of hydrogen-bond acceptors (Lipinski definition) is 6. The summed E-state index contributed by atoms with van der Waals surface area (Å²) in [4.78, 5) is 4.22. The zero-order chi connectivity index (χ0) is 14.7. The van der Waals surface area contributed by atoms with Crippen molar-refractivity contribution in [3.8, 4) is 11.5 Å². The van der Waals surface area contributed by atoms with E-state index in [2.05, 4.69) is 15.5 Å². The van der Waals surface area contributed by atoms with Gasteiger partial charge in [0, 0.05) is 11.8 Å². The molecule has 2 rings (SSSR count). The molecule has 0 fully saturated rings. The number of nitrogens with zero attached hydrogens (tertiary/aromatic N) is 2. The molecular formula is C14H19N3O3. The van der Waals surface area contributed by atoms with Gasteiger partial charge in [-0.05, 0) is 32.4 Å². The molecule has 6 nitrogen and oxygen atoms in total. The summed E-state index contributed by atoms with van der Waals surface area (Å²) in [5.74, 6) is 2.56. The average Bonchev–Trinajstić information content (AvgIpc) is 2.87. The highest BCUT2D eigenvalue weighted by molar-refractivity contribution is 5.60. The Hall–Kier alpha value is -2.24. The molecule has 1 heterocycles. The lowest BCUT2D eigenvalue weighted by molar-refractivity contribution is 0.354. The minimum atomic E-state index is -0.0898. The number of benzene rings is 1. The molecule has 0 aliphatic rings. The summed E-state index contributed by atoms with van der Waals surface area (Å²) >= 11 is 0. The summed E-state index contributed by atoms with van der Waals surface area (Å²) in [6.07, 6.45) is 0. The maximum atomic E-state index is 5.31. The fourth-order valence-electron chi connectivity index (χ4n) is 1.92. The third-order valence-electron chi connectivity index (χ3n) is 3.02. The van der Waals surface area contributed by atoms with Crippen LogP contribution in [0.3, 0.4) is 0 Å². The van der Waals surface area contributed by atoms with Gasteiger partial charge in [-0.1, -0.05) is 5.16 Å². The Labute approximate surface area is 118 Å². The van der Waals surface area contributed by atoms with Gasteiger partial charge in [0.25, 0.3) is 0 Å². The molecule has 1 aromatic carbocycles. The Morgan fingerprint density at radius 2 is 1.80 bits per heavy atom. The van der Waals surface area contributed by atoms with Crippen molar-refractivity contribution >= 4 is 5.69 Å². The second-order valence-electron chi connectivity index (χ2n) is 4.57. The molecule has 6 heteroatoms. The highest BCUT2D eigenvalue weighted by Gasteiger charge is 2.15. The Morgan fingerprint density at radius 1 is 1.15 bits per heavy atom. The van der Waals surface area contributed by atoms with Gasteiger partial charge in [-0.2, -0.15) is 4.98 Å². The van der Waals surface area contributed by atoms with E-state index in [4.69, 9.17) is 14.0 Å². The average molecular weight is 277 g/mol. The number of hydrogen-bond donors (Lipinski definition) is 1. The Bertz CT molecular complexity index is 595. The van der Waals surface area contributed by atoms with Crippen molar-refractivity contribution in [2.75, 3.05) is 19.5 Å². The SMILES string of the molecule is COc1cc(C)c(N[C@@H](C)c2nc(C)no2)cc1OC. The largest absolute Gasteiger partial charge is 0.493 e. The van der Waals surface area contributed by atoms with Gasteiger partial charge in [-0.25, -0.2) is 0 Å². The maximum Gasteiger partial charge on any atom is 0.248 e. The molecule has 1 atom stereocenters. The molecule has 1 N–H and O–H groups in total. The van der Waals surface area contributed by atoms with Crippen LogP contribution in [0, 0.1) is 13.8 Å². The fourth-order valence-corrected chi connectivity index (χ4v) is 1.92. The standard InChI is InChI=1S/C14H19N3O3/c1-8-6-12(18-4)13(19-5)7-11(8)15-9(2)14-16-10(3)17-20-14/h6-7,9,15H,1-5H3/t9-/m0/s1. The molecule has 0 amide bonds. The topological polar surface area (TPSA) is 69.4 Å². The molecule has 0 aliphatic carbocycles. The lowest BCUT2D eigenvalue weighted by Crippen LogP contribution is -2.08. The number of ether oxygens (including phenoxy) is 2. The number of anilines is 1. The van der Waals surface area contributed by atoms with Gasteiger partial charge in [-0.15, -0.1) is 0 Å². The monoisotopic (exact) mass is 277 g/mol. The van der Waals surface area contributed by atoms with Crippen molar-refractivity contribution in [3.63, 3.8) is 0 Å². The van der Waals surface area contributed by atoms with Gasteiger partial charge in [0.05, 0.1) is 14.2 Å². The first-order valence-electron chi connectivity index (χ1n) is 6.34. The summed E-state index contributed by atoms with van der Waals surface area (Å²) < 4.78 is 15.7. The van der Waals surface area contributed by atoms with Crippen LogP contribution in [0.4, 0.5) is 5.69 Å². The number of methoxy groups -OCH3 is 2. The fraction of sp³-hybridized carbons (Fsp3) is 0.429. The summed E-state index contributed by atoms with van der Waals surface area (Å²) in [5, 5.41) is 7.13. The molecule has 1 aromatic heterocycles. The molecular weight excluding hydrogens is 258 g/mol. The van der Waals surface area contributed by atoms with Crippen molar-refractivity contribution in [1.82, 2.24) is 10.1 Å². The summed E-state index contributed by atoms with van der Waals surface area (Å²) in [5.41, 5.74) is 1.98. The second kappa shape index (κ2) is 5.81. The van der Waals surface area contributed by atoms with E-state index in [9.17, 15) is 0 Å². The van der Waals surface area contributed by atoms with Crippen molar-refractivity contribution in [1.29, 1.82) is 0 Å². The number of nitrogens with one attached hydrogen (secondary N) is 1. The van der Waals surface area contributed by atoms with Crippen molar-refractivity contribution in [2.24, 2.45) is 0 Å². The highest BCUT2D eigenvalue weighted by atomic mass is 16.5. The second-order valence-corrected chi connectivity index (χ2v) is 4.57. The quantitative estimate of drug-likeness (QED) is 0.906. The van der Waals surface area contributed by atoms with Crippen LogP contribution in [-0.4, -0.2) is 24.4 Å². The molecule has 20 heavy (non-hydrogen) atoms. The third kappa shape index (κ3) is 2.84. The Balaban J connectivity index is 2.24.